The van der Waals surface area contributed by atoms with E-state index in [2.05, 4.69) is 37.1 Å². The van der Waals surface area contributed by atoms with Crippen molar-refractivity contribution in [3.05, 3.63) is 47.6 Å². The molecule has 3 aliphatic heterocycles. The molecule has 0 amide bonds. The first-order valence-corrected chi connectivity index (χ1v) is 13.7. The second kappa shape index (κ2) is 9.55. The normalized spacial score (nSPS) is 23.6. The molecule has 3 saturated heterocycles. The zero-order chi connectivity index (χ0) is 25.8. The molecule has 2 bridgehead atoms. The Labute approximate surface area is 225 Å². The van der Waals surface area contributed by atoms with Crippen molar-refractivity contribution in [1.29, 1.82) is 0 Å². The van der Waals surface area contributed by atoms with Crippen LogP contribution in [0.4, 0.5) is 10.2 Å². The second-order valence-corrected chi connectivity index (χ2v) is 11.1. The third kappa shape index (κ3) is 4.13. The third-order valence-electron chi connectivity index (χ3n) is 8.22. The van der Waals surface area contributed by atoms with E-state index in [0.29, 0.717) is 51.9 Å². The summed E-state index contributed by atoms with van der Waals surface area (Å²) in [5.41, 5.74) is 0.892. The summed E-state index contributed by atoms with van der Waals surface area (Å²) in [5.74, 6) is 0.150. The van der Waals surface area contributed by atoms with Gasteiger partial charge in [-0.05, 0) is 45.3 Å². The van der Waals surface area contributed by atoms with Crippen molar-refractivity contribution in [3.63, 3.8) is 0 Å². The van der Waals surface area contributed by atoms with Crippen LogP contribution < -0.4 is 15.0 Å². The molecule has 1 aromatic carbocycles. The highest BCUT2D eigenvalue weighted by Crippen LogP contribution is 2.37. The molecule has 0 saturated carbocycles. The van der Waals surface area contributed by atoms with Gasteiger partial charge < -0.3 is 19.9 Å². The fourth-order valence-corrected chi connectivity index (χ4v) is 6.50. The SMILES string of the molecule is CN1CCC[C@H]1COc1nc(N2C[C@H]3CC[C@@H](C2)N3)c2cnc(-c3cncc4cccc(Cl)c34)c(F)c2n1. The molecule has 8 nitrogen and oxygen atoms in total. The zero-order valence-corrected chi connectivity index (χ0v) is 22.0. The molecule has 7 rings (SSSR count). The number of pyridine rings is 2. The van der Waals surface area contributed by atoms with Crippen molar-refractivity contribution >= 4 is 39.1 Å². The lowest BCUT2D eigenvalue weighted by molar-refractivity contribution is 0.188. The smallest absolute Gasteiger partial charge is 0.319 e. The van der Waals surface area contributed by atoms with Crippen LogP contribution in [-0.2, 0) is 0 Å². The number of hydrogen-bond donors (Lipinski definition) is 1. The van der Waals surface area contributed by atoms with E-state index in [4.69, 9.17) is 21.3 Å². The van der Waals surface area contributed by atoms with Gasteiger partial charge in [0.25, 0.3) is 0 Å². The molecule has 3 aromatic heterocycles. The Morgan fingerprint density at radius 3 is 2.74 bits per heavy atom. The molecule has 0 unspecified atom stereocenters. The van der Waals surface area contributed by atoms with Crippen LogP contribution in [0.2, 0.25) is 5.02 Å². The number of fused-ring (bicyclic) bond motifs is 4. The lowest BCUT2D eigenvalue weighted by Gasteiger charge is -2.34. The Morgan fingerprint density at radius 2 is 1.95 bits per heavy atom. The van der Waals surface area contributed by atoms with Crippen LogP contribution in [0, 0.1) is 5.82 Å². The van der Waals surface area contributed by atoms with E-state index in [-0.39, 0.29) is 17.2 Å². The first kappa shape index (κ1) is 23.9. The molecule has 0 aliphatic carbocycles. The molecular formula is C28H29ClFN7O. The summed E-state index contributed by atoms with van der Waals surface area (Å²) in [6, 6.07) is 6.84. The number of rotatable bonds is 5. The van der Waals surface area contributed by atoms with E-state index in [9.17, 15) is 0 Å². The average molecular weight is 534 g/mol. The maximum absolute atomic E-state index is 16.4. The standard InChI is InChI=1S/C28H29ClFN7O/c1-36-9-3-5-19(36)15-38-28-34-26-21(27(35-28)37-13-17-7-8-18(14-37)33-17)12-32-25(24(26)30)20-11-31-10-16-4-2-6-22(29)23(16)20/h2,4,6,10-12,17-19,33H,3,5,7-9,13-15H2,1H3/t17-,18+,19-/m0/s1. The van der Waals surface area contributed by atoms with Gasteiger partial charge in [0.05, 0.1) is 5.39 Å². The maximum atomic E-state index is 16.4. The van der Waals surface area contributed by atoms with Crippen molar-refractivity contribution in [2.45, 2.75) is 43.8 Å². The number of piperazine rings is 1. The Balaban J connectivity index is 1.36. The minimum Gasteiger partial charge on any atom is -0.462 e. The van der Waals surface area contributed by atoms with Gasteiger partial charge in [0, 0.05) is 71.2 Å². The number of benzene rings is 1. The van der Waals surface area contributed by atoms with Crippen molar-refractivity contribution in [2.24, 2.45) is 0 Å². The van der Waals surface area contributed by atoms with Crippen LogP contribution in [0.5, 0.6) is 6.01 Å². The molecule has 4 aromatic rings. The number of aromatic nitrogens is 4. The van der Waals surface area contributed by atoms with Crippen LogP contribution in [-0.4, -0.2) is 76.3 Å². The van der Waals surface area contributed by atoms with Crippen molar-refractivity contribution in [3.8, 4) is 17.3 Å². The van der Waals surface area contributed by atoms with Crippen molar-refractivity contribution < 1.29 is 9.13 Å². The number of halogens is 2. The summed E-state index contributed by atoms with van der Waals surface area (Å²) in [6.45, 7) is 3.13. The summed E-state index contributed by atoms with van der Waals surface area (Å²) >= 11 is 6.54. The highest BCUT2D eigenvalue weighted by Gasteiger charge is 2.34. The summed E-state index contributed by atoms with van der Waals surface area (Å²) in [5, 5.41) is 6.28. The average Bonchev–Trinajstić information content (AvgIpc) is 3.50. The van der Waals surface area contributed by atoms with Gasteiger partial charge in [0.15, 0.2) is 5.82 Å². The highest BCUT2D eigenvalue weighted by atomic mass is 35.5. The second-order valence-electron chi connectivity index (χ2n) is 10.7. The molecular weight excluding hydrogens is 505 g/mol. The first-order chi connectivity index (χ1) is 18.5. The number of ether oxygens (including phenoxy) is 1. The Bertz CT molecular complexity index is 1520. The predicted molar refractivity (Wildman–Crippen MR) is 146 cm³/mol. The van der Waals surface area contributed by atoms with Crippen molar-refractivity contribution in [1.82, 2.24) is 30.2 Å². The van der Waals surface area contributed by atoms with Gasteiger partial charge in [-0.25, -0.2) is 4.39 Å². The molecule has 10 heteroatoms. The first-order valence-electron chi connectivity index (χ1n) is 13.3. The Morgan fingerprint density at radius 1 is 1.11 bits per heavy atom. The van der Waals surface area contributed by atoms with E-state index in [1.807, 2.05) is 12.1 Å². The van der Waals surface area contributed by atoms with Gasteiger partial charge in [-0.3, -0.25) is 9.97 Å². The molecule has 1 N–H and O–H groups in total. The largest absolute Gasteiger partial charge is 0.462 e. The lowest BCUT2D eigenvalue weighted by Crippen LogP contribution is -2.51. The van der Waals surface area contributed by atoms with Gasteiger partial charge in [0.1, 0.15) is 23.6 Å². The van der Waals surface area contributed by atoms with Crippen LogP contribution in [0.3, 0.4) is 0 Å². The maximum Gasteiger partial charge on any atom is 0.319 e. The molecule has 6 heterocycles. The zero-order valence-electron chi connectivity index (χ0n) is 21.2. The van der Waals surface area contributed by atoms with Gasteiger partial charge >= 0.3 is 6.01 Å². The number of nitrogens with one attached hydrogen (secondary N) is 1. The van der Waals surface area contributed by atoms with E-state index in [0.717, 1.165) is 50.7 Å². The number of hydrogen-bond acceptors (Lipinski definition) is 8. The molecule has 196 valence electrons. The molecule has 3 fully saturated rings. The minimum atomic E-state index is -0.527. The topological polar surface area (TPSA) is 79.3 Å². The number of anilines is 1. The summed E-state index contributed by atoms with van der Waals surface area (Å²) in [7, 11) is 2.10. The van der Waals surface area contributed by atoms with Gasteiger partial charge in [0.2, 0.25) is 0 Å². The van der Waals surface area contributed by atoms with E-state index in [1.54, 1.807) is 24.7 Å². The van der Waals surface area contributed by atoms with E-state index >= 15 is 4.39 Å². The number of likely N-dealkylation sites (N-methyl/N-ethyl adjacent to an activating group) is 1. The van der Waals surface area contributed by atoms with Gasteiger partial charge in [-0.2, -0.15) is 9.97 Å². The van der Waals surface area contributed by atoms with Crippen LogP contribution >= 0.6 is 11.6 Å². The number of likely N-dealkylation sites (tertiary alicyclic amines) is 1. The molecule has 0 radical (unpaired) electrons. The predicted octanol–water partition coefficient (Wildman–Crippen LogP) is 4.45. The molecule has 3 atom stereocenters. The fourth-order valence-electron chi connectivity index (χ4n) is 6.21. The van der Waals surface area contributed by atoms with E-state index < -0.39 is 5.82 Å². The van der Waals surface area contributed by atoms with Crippen LogP contribution in [0.1, 0.15) is 25.7 Å². The monoisotopic (exact) mass is 533 g/mol. The minimum absolute atomic E-state index is 0.162. The van der Waals surface area contributed by atoms with E-state index in [1.165, 1.54) is 0 Å². The molecule has 3 aliphatic rings. The summed E-state index contributed by atoms with van der Waals surface area (Å²) < 4.78 is 22.5. The lowest BCUT2D eigenvalue weighted by atomic mass is 10.0. The van der Waals surface area contributed by atoms with Gasteiger partial charge in [-0.15, -0.1) is 0 Å². The molecule has 38 heavy (non-hydrogen) atoms. The Hall–Kier alpha value is -3.14. The highest BCUT2D eigenvalue weighted by molar-refractivity contribution is 6.36. The number of nitrogens with zero attached hydrogens (tertiary/aromatic N) is 6. The van der Waals surface area contributed by atoms with Crippen LogP contribution in [0.15, 0.2) is 36.8 Å². The summed E-state index contributed by atoms with van der Waals surface area (Å²) in [6.07, 6.45) is 9.47. The van der Waals surface area contributed by atoms with Crippen molar-refractivity contribution in [2.75, 3.05) is 38.2 Å². The fraction of sp³-hybridized carbons (Fsp3) is 0.429. The third-order valence-corrected chi connectivity index (χ3v) is 8.54. The summed E-state index contributed by atoms with van der Waals surface area (Å²) in [4.78, 5) is 22.8. The van der Waals surface area contributed by atoms with Crippen LogP contribution in [0.25, 0.3) is 32.9 Å². The molecule has 0 spiro atoms. The van der Waals surface area contributed by atoms with Gasteiger partial charge in [-0.1, -0.05) is 23.7 Å². The Kier molecular flexibility index (Phi) is 6.02. The quantitative estimate of drug-likeness (QED) is 0.403.